The Labute approximate surface area is 71.3 Å². The molecule has 0 aromatic carbocycles. The van der Waals surface area contributed by atoms with Gasteiger partial charge in [-0.1, -0.05) is 0 Å². The molecular formula is C7H12ClNO2. The van der Waals surface area contributed by atoms with Gasteiger partial charge in [0.2, 0.25) is 0 Å². The SMILES string of the molecule is C[C@@H](Cl)CN1C[C@H](C)OC1=O. The van der Waals surface area contributed by atoms with Gasteiger partial charge in [-0.25, -0.2) is 4.79 Å². The van der Waals surface area contributed by atoms with Gasteiger partial charge in [-0.05, 0) is 13.8 Å². The summed E-state index contributed by atoms with van der Waals surface area (Å²) >= 11 is 5.72. The van der Waals surface area contributed by atoms with Crippen molar-refractivity contribution in [3.63, 3.8) is 0 Å². The van der Waals surface area contributed by atoms with Crippen LogP contribution >= 0.6 is 11.6 Å². The molecule has 2 atom stereocenters. The Bertz CT molecular complexity index is 161. The number of ether oxygens (including phenoxy) is 1. The molecule has 1 saturated heterocycles. The van der Waals surface area contributed by atoms with Gasteiger partial charge < -0.3 is 9.64 Å². The van der Waals surface area contributed by atoms with E-state index in [1.54, 1.807) is 4.90 Å². The van der Waals surface area contributed by atoms with Crippen LogP contribution in [-0.4, -0.2) is 35.6 Å². The number of carbonyl (C=O) groups excluding carboxylic acids is 1. The van der Waals surface area contributed by atoms with Gasteiger partial charge in [0, 0.05) is 11.9 Å². The van der Waals surface area contributed by atoms with Crippen molar-refractivity contribution in [2.45, 2.75) is 25.3 Å². The molecule has 1 heterocycles. The molecule has 0 bridgehead atoms. The van der Waals surface area contributed by atoms with E-state index < -0.39 is 0 Å². The number of alkyl halides is 1. The maximum Gasteiger partial charge on any atom is 0.410 e. The van der Waals surface area contributed by atoms with Gasteiger partial charge in [-0.15, -0.1) is 11.6 Å². The summed E-state index contributed by atoms with van der Waals surface area (Å²) in [6.45, 7) is 4.97. The lowest BCUT2D eigenvalue weighted by Crippen LogP contribution is -2.30. The summed E-state index contributed by atoms with van der Waals surface area (Å²) in [6.07, 6.45) is -0.233. The van der Waals surface area contributed by atoms with Gasteiger partial charge in [0.05, 0.1) is 6.54 Å². The molecule has 1 fully saturated rings. The minimum atomic E-state index is -0.245. The smallest absolute Gasteiger partial charge is 0.410 e. The molecule has 4 heteroatoms. The van der Waals surface area contributed by atoms with E-state index in [1.807, 2.05) is 13.8 Å². The maximum absolute atomic E-state index is 11.0. The van der Waals surface area contributed by atoms with Crippen molar-refractivity contribution in [3.05, 3.63) is 0 Å². The quantitative estimate of drug-likeness (QED) is 0.598. The number of amides is 1. The number of cyclic esters (lactones) is 1. The summed E-state index contributed by atoms with van der Waals surface area (Å²) in [5.41, 5.74) is 0. The summed E-state index contributed by atoms with van der Waals surface area (Å²) in [5.74, 6) is 0. The van der Waals surface area contributed by atoms with E-state index in [9.17, 15) is 4.79 Å². The number of nitrogens with zero attached hydrogens (tertiary/aromatic N) is 1. The lowest BCUT2D eigenvalue weighted by Gasteiger charge is -2.13. The van der Waals surface area contributed by atoms with Crippen molar-refractivity contribution in [1.29, 1.82) is 0 Å². The van der Waals surface area contributed by atoms with Crippen LogP contribution in [0.5, 0.6) is 0 Å². The molecule has 64 valence electrons. The summed E-state index contributed by atoms with van der Waals surface area (Å²) < 4.78 is 4.90. The zero-order valence-electron chi connectivity index (χ0n) is 6.71. The molecule has 1 amide bonds. The molecule has 0 aliphatic carbocycles. The predicted molar refractivity (Wildman–Crippen MR) is 42.8 cm³/mol. The number of carbonyl (C=O) groups is 1. The second kappa shape index (κ2) is 3.30. The van der Waals surface area contributed by atoms with E-state index in [2.05, 4.69) is 0 Å². The Balaban J connectivity index is 2.41. The van der Waals surface area contributed by atoms with Crippen LogP contribution in [0.1, 0.15) is 13.8 Å². The zero-order valence-corrected chi connectivity index (χ0v) is 7.47. The van der Waals surface area contributed by atoms with E-state index in [0.29, 0.717) is 13.1 Å². The predicted octanol–water partition coefficient (Wildman–Crippen LogP) is 1.45. The molecule has 1 aliphatic heterocycles. The minimum absolute atomic E-state index is 0.00662. The fourth-order valence-electron chi connectivity index (χ4n) is 1.12. The van der Waals surface area contributed by atoms with Gasteiger partial charge in [-0.2, -0.15) is 0 Å². The third-order valence-electron chi connectivity index (χ3n) is 1.51. The molecule has 0 radical (unpaired) electrons. The molecular weight excluding hydrogens is 166 g/mol. The Hall–Kier alpha value is -0.440. The average molecular weight is 178 g/mol. The first-order valence-electron chi connectivity index (χ1n) is 3.69. The Morgan fingerprint density at radius 3 is 2.91 bits per heavy atom. The molecule has 1 rings (SSSR count). The number of rotatable bonds is 2. The zero-order chi connectivity index (χ0) is 8.43. The van der Waals surface area contributed by atoms with Gasteiger partial charge in [-0.3, -0.25) is 0 Å². The average Bonchev–Trinajstić information content (AvgIpc) is 2.09. The fraction of sp³-hybridized carbons (Fsp3) is 0.857. The largest absolute Gasteiger partial charge is 0.445 e. The Morgan fingerprint density at radius 1 is 1.91 bits per heavy atom. The highest BCUT2D eigenvalue weighted by atomic mass is 35.5. The summed E-state index contributed by atoms with van der Waals surface area (Å²) in [6, 6.07) is 0. The first-order valence-corrected chi connectivity index (χ1v) is 4.13. The molecule has 0 aromatic heterocycles. The number of hydrogen-bond acceptors (Lipinski definition) is 2. The highest BCUT2D eigenvalue weighted by molar-refractivity contribution is 6.20. The molecule has 0 unspecified atom stereocenters. The molecule has 11 heavy (non-hydrogen) atoms. The van der Waals surface area contributed by atoms with Crippen molar-refractivity contribution in [1.82, 2.24) is 4.90 Å². The first kappa shape index (κ1) is 8.65. The van der Waals surface area contributed by atoms with Crippen molar-refractivity contribution in [2.75, 3.05) is 13.1 Å². The summed E-state index contributed by atoms with van der Waals surface area (Å²) in [7, 11) is 0. The van der Waals surface area contributed by atoms with Crippen LogP contribution in [0.4, 0.5) is 4.79 Å². The van der Waals surface area contributed by atoms with Crippen LogP contribution in [0.25, 0.3) is 0 Å². The van der Waals surface area contributed by atoms with E-state index in [0.717, 1.165) is 0 Å². The standard InChI is InChI=1S/C7H12ClNO2/c1-5(8)3-9-4-6(2)11-7(9)10/h5-6H,3-4H2,1-2H3/t5-,6+/m1/s1. The van der Waals surface area contributed by atoms with Gasteiger partial charge in [0.15, 0.2) is 0 Å². The lowest BCUT2D eigenvalue weighted by molar-refractivity contribution is 0.138. The second-order valence-electron chi connectivity index (χ2n) is 2.88. The van der Waals surface area contributed by atoms with E-state index in [4.69, 9.17) is 16.3 Å². The molecule has 0 saturated carbocycles. The molecule has 0 aromatic rings. The van der Waals surface area contributed by atoms with E-state index >= 15 is 0 Å². The first-order chi connectivity index (χ1) is 5.09. The number of halogens is 1. The van der Waals surface area contributed by atoms with Crippen LogP contribution in [0.2, 0.25) is 0 Å². The van der Waals surface area contributed by atoms with Crippen molar-refractivity contribution in [2.24, 2.45) is 0 Å². The van der Waals surface area contributed by atoms with Crippen molar-refractivity contribution < 1.29 is 9.53 Å². The topological polar surface area (TPSA) is 29.5 Å². The monoisotopic (exact) mass is 177 g/mol. The van der Waals surface area contributed by atoms with E-state index in [-0.39, 0.29) is 17.6 Å². The number of hydrogen-bond donors (Lipinski definition) is 0. The molecule has 0 N–H and O–H groups in total. The Morgan fingerprint density at radius 2 is 2.55 bits per heavy atom. The van der Waals surface area contributed by atoms with Gasteiger partial charge in [0.1, 0.15) is 6.10 Å². The maximum atomic E-state index is 11.0. The molecule has 3 nitrogen and oxygen atoms in total. The van der Waals surface area contributed by atoms with Crippen LogP contribution in [0, 0.1) is 0 Å². The molecule has 1 aliphatic rings. The summed E-state index contributed by atoms with van der Waals surface area (Å²) in [4.78, 5) is 12.6. The van der Waals surface area contributed by atoms with Crippen LogP contribution in [0.15, 0.2) is 0 Å². The third kappa shape index (κ3) is 2.26. The van der Waals surface area contributed by atoms with Crippen LogP contribution < -0.4 is 0 Å². The highest BCUT2D eigenvalue weighted by Gasteiger charge is 2.28. The third-order valence-corrected chi connectivity index (χ3v) is 1.65. The minimum Gasteiger partial charge on any atom is -0.445 e. The van der Waals surface area contributed by atoms with Gasteiger partial charge in [0.25, 0.3) is 0 Å². The van der Waals surface area contributed by atoms with Crippen LogP contribution in [0.3, 0.4) is 0 Å². The Kier molecular flexibility index (Phi) is 2.60. The van der Waals surface area contributed by atoms with Gasteiger partial charge >= 0.3 is 6.09 Å². The lowest BCUT2D eigenvalue weighted by atomic mass is 10.4. The van der Waals surface area contributed by atoms with Crippen molar-refractivity contribution >= 4 is 17.7 Å². The fourth-order valence-corrected chi connectivity index (χ4v) is 1.29. The second-order valence-corrected chi connectivity index (χ2v) is 3.63. The van der Waals surface area contributed by atoms with Crippen molar-refractivity contribution in [3.8, 4) is 0 Å². The highest BCUT2D eigenvalue weighted by Crippen LogP contribution is 2.11. The van der Waals surface area contributed by atoms with Crippen LogP contribution in [-0.2, 0) is 4.74 Å². The normalized spacial score (nSPS) is 27.0. The van der Waals surface area contributed by atoms with E-state index in [1.165, 1.54) is 0 Å². The summed E-state index contributed by atoms with van der Waals surface area (Å²) in [5, 5.41) is -0.00662. The molecule has 0 spiro atoms.